The van der Waals surface area contributed by atoms with Crippen molar-refractivity contribution in [2.75, 3.05) is 0 Å². The second kappa shape index (κ2) is 6.48. The first-order valence-corrected chi connectivity index (χ1v) is 5.19. The molecule has 2 heteroatoms. The molecule has 0 aliphatic carbocycles. The monoisotopic (exact) mass is 196 g/mol. The van der Waals surface area contributed by atoms with Crippen molar-refractivity contribution >= 4 is 5.97 Å². The summed E-state index contributed by atoms with van der Waals surface area (Å²) in [6.07, 6.45) is 7.52. The Balaban J connectivity index is 4.23. The first kappa shape index (κ1) is 13.0. The van der Waals surface area contributed by atoms with Gasteiger partial charge < -0.3 is 5.11 Å². The van der Waals surface area contributed by atoms with Crippen LogP contribution in [-0.4, -0.2) is 11.1 Å². The molecule has 0 saturated carbocycles. The van der Waals surface area contributed by atoms with E-state index in [4.69, 9.17) is 11.5 Å². The standard InChI is InChI=1S/C12H20O2/c1-5-7-11(12(13)14)10(4)8-9(3)6-2/h1,9-11H,6-8H2,2-4H3,(H,13,14). The Bertz CT molecular complexity index is 215. The number of hydrogen-bond donors (Lipinski definition) is 1. The molecule has 0 aromatic rings. The summed E-state index contributed by atoms with van der Waals surface area (Å²) in [6.45, 7) is 6.24. The molecule has 0 aliphatic rings. The molecule has 0 amide bonds. The maximum atomic E-state index is 10.9. The van der Waals surface area contributed by atoms with Crippen molar-refractivity contribution in [1.29, 1.82) is 0 Å². The number of rotatable bonds is 6. The molecule has 14 heavy (non-hydrogen) atoms. The summed E-state index contributed by atoms with van der Waals surface area (Å²) in [5, 5.41) is 8.96. The number of hydrogen-bond acceptors (Lipinski definition) is 1. The Morgan fingerprint density at radius 2 is 2.07 bits per heavy atom. The van der Waals surface area contributed by atoms with E-state index < -0.39 is 5.97 Å². The van der Waals surface area contributed by atoms with E-state index in [0.29, 0.717) is 12.3 Å². The summed E-state index contributed by atoms with van der Waals surface area (Å²) in [4.78, 5) is 10.9. The fourth-order valence-corrected chi connectivity index (χ4v) is 1.62. The molecule has 0 radical (unpaired) electrons. The van der Waals surface area contributed by atoms with Crippen molar-refractivity contribution in [2.45, 2.75) is 40.0 Å². The lowest BCUT2D eigenvalue weighted by Crippen LogP contribution is -2.22. The highest BCUT2D eigenvalue weighted by atomic mass is 16.4. The first-order valence-electron chi connectivity index (χ1n) is 5.19. The molecule has 0 aromatic heterocycles. The highest BCUT2D eigenvalue weighted by Gasteiger charge is 2.24. The fraction of sp³-hybridized carbons (Fsp3) is 0.750. The van der Waals surface area contributed by atoms with Gasteiger partial charge in [-0.15, -0.1) is 12.3 Å². The summed E-state index contributed by atoms with van der Waals surface area (Å²) in [5.74, 6) is 2.03. The van der Waals surface area contributed by atoms with Crippen molar-refractivity contribution < 1.29 is 9.90 Å². The van der Waals surface area contributed by atoms with E-state index in [1.807, 2.05) is 6.92 Å². The topological polar surface area (TPSA) is 37.3 Å². The SMILES string of the molecule is C#CCC(C(=O)O)C(C)CC(C)CC. The predicted molar refractivity (Wildman–Crippen MR) is 57.8 cm³/mol. The van der Waals surface area contributed by atoms with Crippen molar-refractivity contribution in [3.63, 3.8) is 0 Å². The van der Waals surface area contributed by atoms with E-state index >= 15 is 0 Å². The van der Waals surface area contributed by atoms with Gasteiger partial charge in [-0.25, -0.2) is 0 Å². The van der Waals surface area contributed by atoms with Crippen LogP contribution in [0.1, 0.15) is 40.0 Å². The molecule has 0 aliphatic heterocycles. The summed E-state index contributed by atoms with van der Waals surface area (Å²) in [5.41, 5.74) is 0. The molecule has 1 N–H and O–H groups in total. The van der Waals surface area contributed by atoms with Gasteiger partial charge in [-0.1, -0.05) is 27.2 Å². The zero-order valence-electron chi connectivity index (χ0n) is 9.29. The molecule has 3 atom stereocenters. The lowest BCUT2D eigenvalue weighted by molar-refractivity contribution is -0.143. The van der Waals surface area contributed by atoms with Crippen LogP contribution in [0.4, 0.5) is 0 Å². The van der Waals surface area contributed by atoms with Gasteiger partial charge in [-0.05, 0) is 18.3 Å². The number of carboxylic acids is 1. The number of aliphatic carboxylic acids is 1. The van der Waals surface area contributed by atoms with Crippen LogP contribution in [0.2, 0.25) is 0 Å². The second-order valence-electron chi connectivity index (χ2n) is 4.08. The van der Waals surface area contributed by atoms with E-state index in [9.17, 15) is 4.79 Å². The van der Waals surface area contributed by atoms with Crippen molar-refractivity contribution in [1.82, 2.24) is 0 Å². The Labute approximate surface area is 86.7 Å². The summed E-state index contributed by atoms with van der Waals surface area (Å²) in [7, 11) is 0. The van der Waals surface area contributed by atoms with E-state index in [1.54, 1.807) is 0 Å². The van der Waals surface area contributed by atoms with Gasteiger partial charge in [0, 0.05) is 6.42 Å². The Morgan fingerprint density at radius 3 is 2.43 bits per heavy atom. The van der Waals surface area contributed by atoms with Crippen LogP contribution < -0.4 is 0 Å². The van der Waals surface area contributed by atoms with Gasteiger partial charge in [-0.3, -0.25) is 4.79 Å². The van der Waals surface area contributed by atoms with Crippen LogP contribution in [0.25, 0.3) is 0 Å². The third-order valence-corrected chi connectivity index (χ3v) is 2.81. The Hall–Kier alpha value is -0.970. The minimum atomic E-state index is -0.765. The number of carboxylic acid groups (broad SMARTS) is 1. The van der Waals surface area contributed by atoms with Gasteiger partial charge in [-0.2, -0.15) is 0 Å². The van der Waals surface area contributed by atoms with Crippen LogP contribution in [0.3, 0.4) is 0 Å². The van der Waals surface area contributed by atoms with E-state index in [2.05, 4.69) is 19.8 Å². The minimum Gasteiger partial charge on any atom is -0.481 e. The molecular formula is C12H20O2. The average Bonchev–Trinajstić information content (AvgIpc) is 2.13. The third kappa shape index (κ3) is 4.32. The lowest BCUT2D eigenvalue weighted by atomic mass is 9.84. The van der Waals surface area contributed by atoms with Crippen LogP contribution in [0, 0.1) is 30.1 Å². The Morgan fingerprint density at radius 1 is 1.50 bits per heavy atom. The maximum absolute atomic E-state index is 10.9. The zero-order chi connectivity index (χ0) is 11.1. The van der Waals surface area contributed by atoms with Gasteiger partial charge in [0.25, 0.3) is 0 Å². The smallest absolute Gasteiger partial charge is 0.307 e. The molecule has 0 saturated heterocycles. The normalized spacial score (nSPS) is 16.7. The number of terminal acetylenes is 1. The number of carbonyl (C=O) groups is 1. The van der Waals surface area contributed by atoms with Crippen LogP contribution in [0.5, 0.6) is 0 Å². The molecule has 0 aromatic carbocycles. The summed E-state index contributed by atoms with van der Waals surface area (Å²) in [6, 6.07) is 0. The molecular weight excluding hydrogens is 176 g/mol. The highest BCUT2D eigenvalue weighted by Crippen LogP contribution is 2.24. The molecule has 0 bridgehead atoms. The Kier molecular flexibility index (Phi) is 6.03. The maximum Gasteiger partial charge on any atom is 0.307 e. The molecule has 0 spiro atoms. The second-order valence-corrected chi connectivity index (χ2v) is 4.08. The molecule has 0 fully saturated rings. The van der Waals surface area contributed by atoms with Crippen molar-refractivity contribution in [3.05, 3.63) is 0 Å². The minimum absolute atomic E-state index is 0.165. The summed E-state index contributed by atoms with van der Waals surface area (Å²) < 4.78 is 0. The molecule has 3 unspecified atom stereocenters. The largest absolute Gasteiger partial charge is 0.481 e. The van der Waals surface area contributed by atoms with Gasteiger partial charge in [0.05, 0.1) is 5.92 Å². The van der Waals surface area contributed by atoms with Gasteiger partial charge in [0.1, 0.15) is 0 Å². The van der Waals surface area contributed by atoms with Crippen molar-refractivity contribution in [2.24, 2.45) is 17.8 Å². The van der Waals surface area contributed by atoms with Crippen molar-refractivity contribution in [3.8, 4) is 12.3 Å². The van der Waals surface area contributed by atoms with Gasteiger partial charge in [0.15, 0.2) is 0 Å². The molecule has 2 nitrogen and oxygen atoms in total. The third-order valence-electron chi connectivity index (χ3n) is 2.81. The van der Waals surface area contributed by atoms with E-state index in [1.165, 1.54) is 0 Å². The average molecular weight is 196 g/mol. The zero-order valence-corrected chi connectivity index (χ0v) is 9.29. The van der Waals surface area contributed by atoms with E-state index in [-0.39, 0.29) is 11.8 Å². The fourth-order valence-electron chi connectivity index (χ4n) is 1.62. The van der Waals surface area contributed by atoms with Crippen LogP contribution >= 0.6 is 0 Å². The van der Waals surface area contributed by atoms with E-state index in [0.717, 1.165) is 12.8 Å². The van der Waals surface area contributed by atoms with Crippen LogP contribution in [-0.2, 0) is 4.79 Å². The van der Waals surface area contributed by atoms with Crippen LogP contribution in [0.15, 0.2) is 0 Å². The predicted octanol–water partition coefficient (Wildman–Crippen LogP) is 2.78. The molecule has 0 heterocycles. The van der Waals surface area contributed by atoms with Gasteiger partial charge >= 0.3 is 5.97 Å². The first-order chi connectivity index (χ1) is 6.52. The molecule has 0 rings (SSSR count). The highest BCUT2D eigenvalue weighted by molar-refractivity contribution is 5.70. The van der Waals surface area contributed by atoms with Gasteiger partial charge in [0.2, 0.25) is 0 Å². The molecule has 80 valence electrons. The lowest BCUT2D eigenvalue weighted by Gasteiger charge is -2.21. The quantitative estimate of drug-likeness (QED) is 0.663. The summed E-state index contributed by atoms with van der Waals surface area (Å²) >= 11 is 0.